The van der Waals surface area contributed by atoms with Gasteiger partial charge < -0.3 is 5.32 Å². The average molecular weight is 289 g/mol. The van der Waals surface area contributed by atoms with Crippen LogP contribution in [0.1, 0.15) is 18.3 Å². The van der Waals surface area contributed by atoms with Crippen LogP contribution in [0.3, 0.4) is 0 Å². The summed E-state index contributed by atoms with van der Waals surface area (Å²) in [7, 11) is 0. The van der Waals surface area contributed by atoms with Crippen LogP contribution in [0.5, 0.6) is 0 Å². The van der Waals surface area contributed by atoms with Gasteiger partial charge in [-0.25, -0.2) is 9.07 Å². The van der Waals surface area contributed by atoms with E-state index in [9.17, 15) is 14.0 Å². The third kappa shape index (κ3) is 2.60. The molecule has 2 heterocycles. The Morgan fingerprint density at radius 1 is 1.52 bits per heavy atom. The summed E-state index contributed by atoms with van der Waals surface area (Å²) in [6, 6.07) is 4.73. The quantitative estimate of drug-likeness (QED) is 0.870. The van der Waals surface area contributed by atoms with Gasteiger partial charge in [0, 0.05) is 5.69 Å². The minimum Gasteiger partial charge on any atom is -0.324 e. The first-order valence-electron chi connectivity index (χ1n) is 6.32. The summed E-state index contributed by atoms with van der Waals surface area (Å²) in [5.74, 6) is -0.513. The van der Waals surface area contributed by atoms with Gasteiger partial charge in [0.05, 0.1) is 6.42 Å². The minimum absolute atomic E-state index is 0.0447. The summed E-state index contributed by atoms with van der Waals surface area (Å²) in [6.07, 6.45) is -0.0447. The van der Waals surface area contributed by atoms with E-state index in [1.807, 2.05) is 0 Å². The van der Waals surface area contributed by atoms with Crippen LogP contribution in [-0.4, -0.2) is 26.6 Å². The number of benzene rings is 1. The number of aryl methyl sites for hydroxylation is 1. The van der Waals surface area contributed by atoms with E-state index in [1.165, 1.54) is 22.9 Å². The zero-order valence-corrected chi connectivity index (χ0v) is 11.1. The van der Waals surface area contributed by atoms with Crippen LogP contribution < -0.4 is 10.6 Å². The predicted molar refractivity (Wildman–Crippen MR) is 72.1 cm³/mol. The summed E-state index contributed by atoms with van der Waals surface area (Å²) < 4.78 is 14.5. The van der Waals surface area contributed by atoms with Crippen molar-refractivity contribution in [3.63, 3.8) is 0 Å². The van der Waals surface area contributed by atoms with E-state index >= 15 is 0 Å². The molecule has 0 spiro atoms. The van der Waals surface area contributed by atoms with Gasteiger partial charge in [-0.3, -0.25) is 14.9 Å². The van der Waals surface area contributed by atoms with Crippen LogP contribution in [0.2, 0.25) is 0 Å². The largest absolute Gasteiger partial charge is 0.324 e. The second-order valence-corrected chi connectivity index (χ2v) is 4.69. The summed E-state index contributed by atoms with van der Waals surface area (Å²) in [5, 5.41) is 9.23. The fraction of sp³-hybridized carbons (Fsp3) is 0.231. The molecule has 108 valence electrons. The van der Waals surface area contributed by atoms with Gasteiger partial charge >= 0.3 is 0 Å². The minimum atomic E-state index is -0.807. The number of hydrogen-bond acceptors (Lipinski definition) is 4. The summed E-state index contributed by atoms with van der Waals surface area (Å²) in [5.41, 5.74) is 0.323. The first-order chi connectivity index (χ1) is 10.0. The molecule has 1 aromatic heterocycles. The molecule has 0 saturated carbocycles. The molecule has 0 radical (unpaired) electrons. The molecule has 2 amide bonds. The number of aromatic nitrogens is 3. The molecule has 1 atom stereocenters. The highest BCUT2D eigenvalue weighted by molar-refractivity contribution is 6.00. The van der Waals surface area contributed by atoms with Gasteiger partial charge in [0.15, 0.2) is 0 Å². The summed E-state index contributed by atoms with van der Waals surface area (Å²) >= 11 is 0. The van der Waals surface area contributed by atoms with E-state index in [1.54, 1.807) is 13.0 Å². The molecule has 0 bridgehead atoms. The van der Waals surface area contributed by atoms with E-state index in [0.29, 0.717) is 11.5 Å². The maximum atomic E-state index is 13.1. The number of nitrogens with zero attached hydrogens (tertiary/aromatic N) is 3. The molecule has 0 unspecified atom stereocenters. The Morgan fingerprint density at radius 2 is 2.33 bits per heavy atom. The van der Waals surface area contributed by atoms with Crippen molar-refractivity contribution >= 4 is 23.5 Å². The summed E-state index contributed by atoms with van der Waals surface area (Å²) in [4.78, 5) is 28.0. The standard InChI is InChI=1S/C13H12FN5O2/c1-7-15-13-17-11(20)6-10(19(13)18-7)12(21)16-9-4-2-3-8(14)5-9/h2-5,10H,6H2,1H3,(H,16,21)(H,15,17,18,20)/t10-/m0/s1. The first kappa shape index (κ1) is 13.2. The normalized spacial score (nSPS) is 17.0. The van der Waals surface area contributed by atoms with Crippen molar-refractivity contribution in [1.29, 1.82) is 0 Å². The molecule has 1 aromatic carbocycles. The Balaban J connectivity index is 1.86. The van der Waals surface area contributed by atoms with Crippen LogP contribution in [0.15, 0.2) is 24.3 Å². The fourth-order valence-corrected chi connectivity index (χ4v) is 2.17. The number of rotatable bonds is 2. The molecule has 0 fully saturated rings. The maximum absolute atomic E-state index is 13.1. The number of halogens is 1. The molecular weight excluding hydrogens is 277 g/mol. The number of anilines is 2. The van der Waals surface area contributed by atoms with Gasteiger partial charge in [-0.05, 0) is 25.1 Å². The van der Waals surface area contributed by atoms with Gasteiger partial charge in [-0.15, -0.1) is 0 Å². The van der Waals surface area contributed by atoms with Crippen molar-refractivity contribution in [2.45, 2.75) is 19.4 Å². The third-order valence-electron chi connectivity index (χ3n) is 3.06. The Morgan fingerprint density at radius 3 is 3.10 bits per heavy atom. The molecule has 0 aliphatic carbocycles. The maximum Gasteiger partial charge on any atom is 0.249 e. The van der Waals surface area contributed by atoms with E-state index in [-0.39, 0.29) is 18.3 Å². The lowest BCUT2D eigenvalue weighted by Crippen LogP contribution is -2.36. The molecule has 1 aliphatic heterocycles. The van der Waals surface area contributed by atoms with Crippen LogP contribution in [0.4, 0.5) is 16.0 Å². The fourth-order valence-electron chi connectivity index (χ4n) is 2.17. The number of nitrogens with one attached hydrogen (secondary N) is 2. The number of carbonyl (C=O) groups is 2. The lowest BCUT2D eigenvalue weighted by atomic mass is 10.1. The number of fused-ring (bicyclic) bond motifs is 1. The third-order valence-corrected chi connectivity index (χ3v) is 3.06. The predicted octanol–water partition coefficient (Wildman–Crippen LogP) is 1.25. The van der Waals surface area contributed by atoms with E-state index in [4.69, 9.17) is 0 Å². The van der Waals surface area contributed by atoms with Gasteiger partial charge in [-0.1, -0.05) is 6.07 Å². The second kappa shape index (κ2) is 4.97. The highest BCUT2D eigenvalue weighted by Crippen LogP contribution is 2.24. The van der Waals surface area contributed by atoms with E-state index in [0.717, 1.165) is 0 Å². The number of hydrogen-bond donors (Lipinski definition) is 2. The Hall–Kier alpha value is -2.77. The Kier molecular flexibility index (Phi) is 3.13. The van der Waals surface area contributed by atoms with Crippen molar-refractivity contribution in [3.8, 4) is 0 Å². The van der Waals surface area contributed by atoms with Gasteiger partial charge in [-0.2, -0.15) is 10.1 Å². The van der Waals surface area contributed by atoms with Gasteiger partial charge in [0.25, 0.3) is 0 Å². The van der Waals surface area contributed by atoms with Crippen molar-refractivity contribution in [3.05, 3.63) is 35.9 Å². The molecule has 0 saturated heterocycles. The molecule has 3 rings (SSSR count). The second-order valence-electron chi connectivity index (χ2n) is 4.69. The van der Waals surface area contributed by atoms with Gasteiger partial charge in [0.1, 0.15) is 17.7 Å². The highest BCUT2D eigenvalue weighted by Gasteiger charge is 2.32. The van der Waals surface area contributed by atoms with E-state index < -0.39 is 17.8 Å². The smallest absolute Gasteiger partial charge is 0.249 e. The Labute approximate surface area is 119 Å². The van der Waals surface area contributed by atoms with Gasteiger partial charge in [0.2, 0.25) is 17.8 Å². The lowest BCUT2D eigenvalue weighted by Gasteiger charge is -2.22. The first-order valence-corrected chi connectivity index (χ1v) is 6.32. The topological polar surface area (TPSA) is 88.9 Å². The Bertz CT molecular complexity index is 727. The van der Waals surface area contributed by atoms with Crippen LogP contribution in [0.25, 0.3) is 0 Å². The molecule has 21 heavy (non-hydrogen) atoms. The number of carbonyl (C=O) groups excluding carboxylic acids is 2. The lowest BCUT2D eigenvalue weighted by molar-refractivity contribution is -0.125. The van der Waals surface area contributed by atoms with Crippen molar-refractivity contribution in [2.75, 3.05) is 10.6 Å². The molecule has 2 N–H and O–H groups in total. The summed E-state index contributed by atoms with van der Waals surface area (Å²) in [6.45, 7) is 1.67. The van der Waals surface area contributed by atoms with Crippen LogP contribution >= 0.6 is 0 Å². The molecule has 2 aromatic rings. The SMILES string of the molecule is Cc1nc2n(n1)[C@H](C(=O)Nc1cccc(F)c1)CC(=O)N2. The highest BCUT2D eigenvalue weighted by atomic mass is 19.1. The van der Waals surface area contributed by atoms with Crippen molar-refractivity contribution in [1.82, 2.24) is 14.8 Å². The molecule has 8 heteroatoms. The molecular formula is C13H12FN5O2. The van der Waals surface area contributed by atoms with E-state index in [2.05, 4.69) is 20.7 Å². The zero-order chi connectivity index (χ0) is 15.0. The molecule has 1 aliphatic rings. The monoisotopic (exact) mass is 289 g/mol. The van der Waals surface area contributed by atoms with Crippen LogP contribution in [-0.2, 0) is 9.59 Å². The molecule has 7 nitrogen and oxygen atoms in total. The van der Waals surface area contributed by atoms with Crippen molar-refractivity contribution in [2.24, 2.45) is 0 Å². The zero-order valence-electron chi connectivity index (χ0n) is 11.1. The van der Waals surface area contributed by atoms with Crippen molar-refractivity contribution < 1.29 is 14.0 Å². The average Bonchev–Trinajstić information content (AvgIpc) is 2.77. The van der Waals surface area contributed by atoms with Crippen LogP contribution in [0, 0.1) is 12.7 Å². The number of amides is 2.